The van der Waals surface area contributed by atoms with E-state index in [1.54, 1.807) is 25.7 Å². The van der Waals surface area contributed by atoms with Crippen LogP contribution in [-0.4, -0.2) is 46.5 Å². The lowest BCUT2D eigenvalue weighted by Crippen LogP contribution is -2.60. The number of unbranched alkanes of at least 4 members (excludes halogenated alkanes) is 1. The number of benzene rings is 1. The van der Waals surface area contributed by atoms with Crippen molar-refractivity contribution in [3.63, 3.8) is 0 Å². The Labute approximate surface area is 212 Å². The Bertz CT molecular complexity index is 861. The van der Waals surface area contributed by atoms with Gasteiger partial charge in [-0.25, -0.2) is 4.79 Å². The van der Waals surface area contributed by atoms with Gasteiger partial charge in [-0.1, -0.05) is 45.4 Å². The van der Waals surface area contributed by atoms with E-state index in [0.29, 0.717) is 6.54 Å². The Hall–Kier alpha value is -2.57. The highest BCUT2D eigenvalue weighted by Crippen LogP contribution is 2.34. The van der Waals surface area contributed by atoms with Gasteiger partial charge in [-0.3, -0.25) is 9.59 Å². The number of hydrogen-bond donors (Lipinski definition) is 2. The van der Waals surface area contributed by atoms with Crippen LogP contribution in [0.25, 0.3) is 0 Å². The van der Waals surface area contributed by atoms with Crippen molar-refractivity contribution in [3.05, 3.63) is 34.9 Å². The quantitative estimate of drug-likeness (QED) is 0.452. The molecule has 2 N–H and O–H groups in total. The fraction of sp³-hybridized carbons (Fsp3) is 0.679. The number of nitrogens with one attached hydrogen (secondary N) is 2. The van der Waals surface area contributed by atoms with E-state index < -0.39 is 29.3 Å². The summed E-state index contributed by atoms with van der Waals surface area (Å²) in [6.07, 6.45) is 1.14. The third-order valence-corrected chi connectivity index (χ3v) is 5.72. The summed E-state index contributed by atoms with van der Waals surface area (Å²) in [5, 5.41) is 5.81. The SMILES string of the molecule is CCCCNC(=O)C(c1c(C)cccc1C)N(C(=O)C(NC(=O)OC(C)(C)C)C(C)C)C(C)(C)C. The standard InChI is InChI=1S/C28H47N3O4/c1-12-13-17-29-24(32)23(21-19(4)15-14-16-20(21)5)31(27(6,7)8)25(33)22(18(2)3)30-26(34)35-28(9,10)11/h14-16,18,22-23H,12-13,17H2,1-11H3,(H,29,32)(H,30,34). The van der Waals surface area contributed by atoms with Crippen molar-refractivity contribution in [2.75, 3.05) is 6.54 Å². The lowest BCUT2D eigenvalue weighted by molar-refractivity contribution is -0.149. The smallest absolute Gasteiger partial charge is 0.408 e. The van der Waals surface area contributed by atoms with Crippen LogP contribution in [0.5, 0.6) is 0 Å². The second-order valence-corrected chi connectivity index (χ2v) is 11.6. The molecule has 7 heteroatoms. The summed E-state index contributed by atoms with van der Waals surface area (Å²) in [6.45, 7) is 21.3. The van der Waals surface area contributed by atoms with E-state index in [1.165, 1.54) is 0 Å². The third-order valence-electron chi connectivity index (χ3n) is 5.72. The number of alkyl carbamates (subject to hydrolysis) is 1. The van der Waals surface area contributed by atoms with Gasteiger partial charge in [-0.05, 0) is 84.4 Å². The highest BCUT2D eigenvalue weighted by molar-refractivity contribution is 5.93. The minimum atomic E-state index is -0.862. The van der Waals surface area contributed by atoms with Gasteiger partial charge >= 0.3 is 6.09 Å². The summed E-state index contributed by atoms with van der Waals surface area (Å²) in [6, 6.07) is 4.16. The van der Waals surface area contributed by atoms with Gasteiger partial charge in [0.15, 0.2) is 0 Å². The molecule has 7 nitrogen and oxygen atoms in total. The van der Waals surface area contributed by atoms with Gasteiger partial charge in [0.25, 0.3) is 0 Å². The molecule has 1 rings (SSSR count). The summed E-state index contributed by atoms with van der Waals surface area (Å²) >= 11 is 0. The number of carbonyl (C=O) groups is 3. The van der Waals surface area contributed by atoms with Crippen LogP contribution in [0.4, 0.5) is 4.79 Å². The maximum atomic E-state index is 14.2. The molecule has 0 aromatic heterocycles. The molecule has 1 aromatic rings. The molecule has 0 aliphatic heterocycles. The molecule has 2 atom stereocenters. The van der Waals surface area contributed by atoms with Crippen LogP contribution in [0.2, 0.25) is 0 Å². The molecule has 0 spiro atoms. The van der Waals surface area contributed by atoms with Crippen LogP contribution in [0, 0.1) is 19.8 Å². The third kappa shape index (κ3) is 8.86. The summed E-state index contributed by atoms with van der Waals surface area (Å²) in [5.41, 5.74) is 1.27. The van der Waals surface area contributed by atoms with E-state index in [9.17, 15) is 14.4 Å². The van der Waals surface area contributed by atoms with Gasteiger partial charge < -0.3 is 20.3 Å². The molecular formula is C28H47N3O4. The van der Waals surface area contributed by atoms with Gasteiger partial charge in [0.2, 0.25) is 11.8 Å². The average Bonchev–Trinajstić information content (AvgIpc) is 2.68. The molecule has 1 aromatic carbocycles. The second-order valence-electron chi connectivity index (χ2n) is 11.6. The molecule has 0 heterocycles. The lowest BCUT2D eigenvalue weighted by Gasteiger charge is -2.44. The van der Waals surface area contributed by atoms with Crippen LogP contribution < -0.4 is 10.6 Å². The molecular weight excluding hydrogens is 442 g/mol. The molecule has 0 aliphatic carbocycles. The zero-order chi connectivity index (χ0) is 27.1. The summed E-state index contributed by atoms with van der Waals surface area (Å²) in [5.74, 6) is -0.766. The molecule has 0 bridgehead atoms. The number of hydrogen-bond acceptors (Lipinski definition) is 4. The number of aryl methyl sites for hydroxylation is 2. The largest absolute Gasteiger partial charge is 0.444 e. The number of carbonyl (C=O) groups excluding carboxylic acids is 3. The van der Waals surface area contributed by atoms with Crippen LogP contribution in [0.15, 0.2) is 18.2 Å². The highest BCUT2D eigenvalue weighted by Gasteiger charge is 2.43. The van der Waals surface area contributed by atoms with Gasteiger partial charge in [0, 0.05) is 12.1 Å². The van der Waals surface area contributed by atoms with Crippen molar-refractivity contribution in [2.24, 2.45) is 5.92 Å². The Morgan fingerprint density at radius 2 is 1.54 bits per heavy atom. The van der Waals surface area contributed by atoms with Crippen molar-refractivity contribution in [1.82, 2.24) is 15.5 Å². The fourth-order valence-electron chi connectivity index (χ4n) is 4.06. The van der Waals surface area contributed by atoms with Crippen LogP contribution >= 0.6 is 0 Å². The van der Waals surface area contributed by atoms with E-state index in [0.717, 1.165) is 29.5 Å². The van der Waals surface area contributed by atoms with Gasteiger partial charge in [-0.15, -0.1) is 0 Å². The molecule has 3 amide bonds. The molecule has 0 aliphatic rings. The molecule has 0 saturated carbocycles. The van der Waals surface area contributed by atoms with Crippen LogP contribution in [0.1, 0.15) is 97.9 Å². The van der Waals surface area contributed by atoms with E-state index in [2.05, 4.69) is 17.6 Å². The van der Waals surface area contributed by atoms with E-state index in [4.69, 9.17) is 4.74 Å². The Kier molecular flexibility index (Phi) is 10.8. The first-order valence-corrected chi connectivity index (χ1v) is 12.7. The number of amides is 3. The van der Waals surface area contributed by atoms with Crippen molar-refractivity contribution in [2.45, 2.75) is 112 Å². The van der Waals surface area contributed by atoms with Crippen molar-refractivity contribution in [3.8, 4) is 0 Å². The Morgan fingerprint density at radius 1 is 1.00 bits per heavy atom. The van der Waals surface area contributed by atoms with Crippen molar-refractivity contribution < 1.29 is 19.1 Å². The first-order chi connectivity index (χ1) is 16.0. The number of nitrogens with zero attached hydrogens (tertiary/aromatic N) is 1. The minimum absolute atomic E-state index is 0.221. The van der Waals surface area contributed by atoms with Crippen LogP contribution in [0.3, 0.4) is 0 Å². The number of rotatable bonds is 9. The second kappa shape index (κ2) is 12.4. The van der Waals surface area contributed by atoms with Crippen LogP contribution in [-0.2, 0) is 14.3 Å². The molecule has 0 radical (unpaired) electrons. The van der Waals surface area contributed by atoms with E-state index >= 15 is 0 Å². The first kappa shape index (κ1) is 30.5. The van der Waals surface area contributed by atoms with E-state index in [1.807, 2.05) is 66.7 Å². The van der Waals surface area contributed by atoms with Crippen molar-refractivity contribution in [1.29, 1.82) is 0 Å². The minimum Gasteiger partial charge on any atom is -0.444 e. The lowest BCUT2D eigenvalue weighted by atomic mass is 9.89. The molecule has 0 fully saturated rings. The zero-order valence-electron chi connectivity index (χ0n) is 23.7. The molecule has 0 saturated heterocycles. The fourth-order valence-corrected chi connectivity index (χ4v) is 4.06. The predicted molar refractivity (Wildman–Crippen MR) is 141 cm³/mol. The van der Waals surface area contributed by atoms with Gasteiger partial charge in [-0.2, -0.15) is 0 Å². The molecule has 198 valence electrons. The number of ether oxygens (including phenoxy) is 1. The average molecular weight is 490 g/mol. The van der Waals surface area contributed by atoms with Crippen molar-refractivity contribution >= 4 is 17.9 Å². The first-order valence-electron chi connectivity index (χ1n) is 12.7. The van der Waals surface area contributed by atoms with E-state index in [-0.39, 0.29) is 17.7 Å². The maximum Gasteiger partial charge on any atom is 0.408 e. The summed E-state index contributed by atoms with van der Waals surface area (Å²) < 4.78 is 5.43. The van der Waals surface area contributed by atoms with Gasteiger partial charge in [0.05, 0.1) is 0 Å². The van der Waals surface area contributed by atoms with Gasteiger partial charge in [0.1, 0.15) is 17.7 Å². The summed E-state index contributed by atoms with van der Waals surface area (Å²) in [7, 11) is 0. The normalized spacial score (nSPS) is 13.7. The zero-order valence-corrected chi connectivity index (χ0v) is 23.7. The molecule has 2 unspecified atom stereocenters. The topological polar surface area (TPSA) is 87.7 Å². The summed E-state index contributed by atoms with van der Waals surface area (Å²) in [4.78, 5) is 42.1. The Morgan fingerprint density at radius 3 is 1.97 bits per heavy atom. The highest BCUT2D eigenvalue weighted by atomic mass is 16.6. The molecule has 35 heavy (non-hydrogen) atoms. The Balaban J connectivity index is 3.60. The monoisotopic (exact) mass is 489 g/mol. The maximum absolute atomic E-state index is 14.2. The predicted octanol–water partition coefficient (Wildman–Crippen LogP) is 5.44.